The van der Waals surface area contributed by atoms with Crippen LogP contribution in [0.5, 0.6) is 0 Å². The standard InChI is InChI=1S/C25H31N3O2S/c1-15(2)17-8-6-7-9-19(17)27-21(29)13-28-14-26-23-22(24(28)30)18-11-10-16(25(3,4)5)12-20(18)31-23/h6-9,14-16H,10-13H2,1-5H3,(H,27,29). The molecule has 1 aliphatic rings. The quantitative estimate of drug-likeness (QED) is 0.597. The second-order valence-corrected chi connectivity index (χ2v) is 11.0. The highest BCUT2D eigenvalue weighted by Gasteiger charge is 2.31. The molecule has 0 bridgehead atoms. The molecule has 0 radical (unpaired) electrons. The van der Waals surface area contributed by atoms with Gasteiger partial charge in [-0.25, -0.2) is 4.98 Å². The van der Waals surface area contributed by atoms with Gasteiger partial charge in [-0.15, -0.1) is 11.3 Å². The van der Waals surface area contributed by atoms with Crippen LogP contribution in [0, 0.1) is 11.3 Å². The normalized spacial score (nSPS) is 16.5. The third kappa shape index (κ3) is 4.31. The van der Waals surface area contributed by atoms with Crippen molar-refractivity contribution in [1.82, 2.24) is 9.55 Å². The predicted octanol–water partition coefficient (Wildman–Crippen LogP) is 5.37. The summed E-state index contributed by atoms with van der Waals surface area (Å²) < 4.78 is 1.44. The Kier molecular flexibility index (Phi) is 5.77. The van der Waals surface area contributed by atoms with E-state index in [1.165, 1.54) is 15.8 Å². The van der Waals surface area contributed by atoms with Crippen molar-refractivity contribution in [2.45, 2.75) is 66.3 Å². The molecule has 0 saturated carbocycles. The Hall–Kier alpha value is -2.47. The van der Waals surface area contributed by atoms with Gasteiger partial charge in [0.1, 0.15) is 11.4 Å². The zero-order valence-electron chi connectivity index (χ0n) is 19.0. The average Bonchev–Trinajstić information content (AvgIpc) is 3.08. The number of carbonyl (C=O) groups is 1. The van der Waals surface area contributed by atoms with Crippen LogP contribution in [0.3, 0.4) is 0 Å². The number of benzene rings is 1. The third-order valence-corrected chi connectivity index (χ3v) is 7.59. The van der Waals surface area contributed by atoms with Crippen molar-refractivity contribution in [2.24, 2.45) is 11.3 Å². The van der Waals surface area contributed by atoms with Crippen LogP contribution in [-0.2, 0) is 24.2 Å². The largest absolute Gasteiger partial charge is 0.324 e. The molecule has 5 nitrogen and oxygen atoms in total. The van der Waals surface area contributed by atoms with Crippen LogP contribution in [0.25, 0.3) is 10.2 Å². The Bertz CT molecular complexity index is 1180. The van der Waals surface area contributed by atoms with Crippen molar-refractivity contribution in [1.29, 1.82) is 0 Å². The molecule has 1 unspecified atom stereocenters. The lowest BCUT2D eigenvalue weighted by atomic mass is 9.72. The summed E-state index contributed by atoms with van der Waals surface area (Å²) in [5, 5.41) is 3.68. The van der Waals surface area contributed by atoms with Gasteiger partial charge in [0.15, 0.2) is 0 Å². The Balaban J connectivity index is 1.60. The van der Waals surface area contributed by atoms with Gasteiger partial charge in [-0.3, -0.25) is 14.2 Å². The summed E-state index contributed by atoms with van der Waals surface area (Å²) in [5.41, 5.74) is 3.18. The van der Waals surface area contributed by atoms with E-state index in [9.17, 15) is 9.59 Å². The number of hydrogen-bond donors (Lipinski definition) is 1. The minimum absolute atomic E-state index is 0.0383. The molecule has 6 heteroatoms. The summed E-state index contributed by atoms with van der Waals surface area (Å²) in [6.45, 7) is 11.0. The maximum absolute atomic E-state index is 13.3. The number of thiophene rings is 1. The van der Waals surface area contributed by atoms with Crippen LogP contribution < -0.4 is 10.9 Å². The van der Waals surface area contributed by atoms with Crippen molar-refractivity contribution in [2.75, 3.05) is 5.32 Å². The van der Waals surface area contributed by atoms with Gasteiger partial charge in [-0.2, -0.15) is 0 Å². The van der Waals surface area contributed by atoms with E-state index in [2.05, 4.69) is 44.9 Å². The number of aryl methyl sites for hydroxylation is 1. The Morgan fingerprint density at radius 2 is 2.03 bits per heavy atom. The molecule has 1 amide bonds. The molecular weight excluding hydrogens is 406 g/mol. The number of fused-ring (bicyclic) bond motifs is 3. The van der Waals surface area contributed by atoms with Gasteiger partial charge in [0.05, 0.1) is 11.7 Å². The number of amides is 1. The highest BCUT2D eigenvalue weighted by Crippen LogP contribution is 2.41. The number of anilines is 1. The number of para-hydroxylation sites is 1. The molecule has 3 aromatic rings. The van der Waals surface area contributed by atoms with Crippen molar-refractivity contribution in [3.63, 3.8) is 0 Å². The zero-order chi connectivity index (χ0) is 22.3. The summed E-state index contributed by atoms with van der Waals surface area (Å²) in [6, 6.07) is 7.79. The summed E-state index contributed by atoms with van der Waals surface area (Å²) in [7, 11) is 0. The monoisotopic (exact) mass is 437 g/mol. The van der Waals surface area contributed by atoms with Gasteiger partial charge in [0.25, 0.3) is 5.56 Å². The first-order valence-electron chi connectivity index (χ1n) is 11.0. The van der Waals surface area contributed by atoms with E-state index in [4.69, 9.17) is 0 Å². The first-order chi connectivity index (χ1) is 14.6. The molecule has 1 aromatic carbocycles. The molecule has 0 aliphatic heterocycles. The van der Waals surface area contributed by atoms with Gasteiger partial charge < -0.3 is 5.32 Å². The predicted molar refractivity (Wildman–Crippen MR) is 128 cm³/mol. The topological polar surface area (TPSA) is 64.0 Å². The highest BCUT2D eigenvalue weighted by molar-refractivity contribution is 7.18. The van der Waals surface area contributed by atoms with Crippen molar-refractivity contribution >= 4 is 33.1 Å². The van der Waals surface area contributed by atoms with Crippen LogP contribution in [-0.4, -0.2) is 15.5 Å². The Morgan fingerprint density at radius 3 is 2.74 bits per heavy atom. The molecule has 0 spiro atoms. The number of hydrogen-bond acceptors (Lipinski definition) is 4. The molecule has 1 N–H and O–H groups in total. The van der Waals surface area contributed by atoms with Crippen molar-refractivity contribution < 1.29 is 4.79 Å². The molecule has 164 valence electrons. The first-order valence-corrected chi connectivity index (χ1v) is 11.8. The molecule has 2 heterocycles. The number of carbonyl (C=O) groups excluding carboxylic acids is 1. The van der Waals surface area contributed by atoms with Crippen LogP contribution in [0.1, 0.15) is 63.0 Å². The summed E-state index contributed by atoms with van der Waals surface area (Å²) in [4.78, 5) is 32.6. The van der Waals surface area contributed by atoms with Gasteiger partial charge in [0, 0.05) is 10.6 Å². The van der Waals surface area contributed by atoms with Crippen LogP contribution in [0.2, 0.25) is 0 Å². The van der Waals surface area contributed by atoms with E-state index in [0.717, 1.165) is 40.9 Å². The first kappa shape index (κ1) is 21.8. The highest BCUT2D eigenvalue weighted by atomic mass is 32.1. The average molecular weight is 438 g/mol. The number of aromatic nitrogens is 2. The maximum Gasteiger partial charge on any atom is 0.262 e. The second-order valence-electron chi connectivity index (χ2n) is 9.96. The van der Waals surface area contributed by atoms with Gasteiger partial charge in [0.2, 0.25) is 5.91 Å². The van der Waals surface area contributed by atoms with Crippen molar-refractivity contribution in [3.05, 3.63) is 57.0 Å². The summed E-state index contributed by atoms with van der Waals surface area (Å²) in [6.07, 6.45) is 4.52. The Labute approximate surface area is 187 Å². The maximum atomic E-state index is 13.3. The van der Waals surface area contributed by atoms with E-state index in [-0.39, 0.29) is 23.4 Å². The fourth-order valence-corrected chi connectivity index (χ4v) is 5.77. The minimum Gasteiger partial charge on any atom is -0.324 e. The second kappa shape index (κ2) is 8.23. The summed E-state index contributed by atoms with van der Waals surface area (Å²) >= 11 is 1.64. The summed E-state index contributed by atoms with van der Waals surface area (Å²) in [5.74, 6) is 0.696. The lowest BCUT2D eigenvalue weighted by molar-refractivity contribution is -0.116. The van der Waals surface area contributed by atoms with E-state index < -0.39 is 0 Å². The van der Waals surface area contributed by atoms with Crippen LogP contribution >= 0.6 is 11.3 Å². The van der Waals surface area contributed by atoms with Crippen LogP contribution in [0.4, 0.5) is 5.69 Å². The molecule has 1 aliphatic carbocycles. The van der Waals surface area contributed by atoms with E-state index in [1.807, 2.05) is 24.3 Å². The van der Waals surface area contributed by atoms with Crippen LogP contribution in [0.15, 0.2) is 35.4 Å². The van der Waals surface area contributed by atoms with E-state index >= 15 is 0 Å². The number of nitrogens with one attached hydrogen (secondary N) is 1. The molecule has 0 fully saturated rings. The molecular formula is C25H31N3O2S. The lowest BCUT2D eigenvalue weighted by Gasteiger charge is -2.33. The van der Waals surface area contributed by atoms with Gasteiger partial charge >= 0.3 is 0 Å². The molecule has 31 heavy (non-hydrogen) atoms. The van der Waals surface area contributed by atoms with E-state index in [0.29, 0.717) is 17.2 Å². The number of rotatable bonds is 4. The molecule has 2 aromatic heterocycles. The van der Waals surface area contributed by atoms with Crippen molar-refractivity contribution in [3.8, 4) is 0 Å². The third-order valence-electron chi connectivity index (χ3n) is 6.43. The number of nitrogens with zero attached hydrogens (tertiary/aromatic N) is 2. The fourth-order valence-electron chi connectivity index (χ4n) is 4.51. The molecule has 4 rings (SSSR count). The van der Waals surface area contributed by atoms with Gasteiger partial charge in [-0.05, 0) is 53.7 Å². The van der Waals surface area contributed by atoms with E-state index in [1.54, 1.807) is 11.3 Å². The smallest absolute Gasteiger partial charge is 0.262 e. The SMILES string of the molecule is CC(C)c1ccccc1NC(=O)Cn1cnc2sc3c(c2c1=O)CCC(C(C)(C)C)C3. The van der Waals surface area contributed by atoms with Gasteiger partial charge in [-0.1, -0.05) is 52.8 Å². The molecule has 1 atom stereocenters. The molecule has 0 saturated heterocycles. The zero-order valence-corrected chi connectivity index (χ0v) is 19.8. The lowest BCUT2D eigenvalue weighted by Crippen LogP contribution is -2.29. The minimum atomic E-state index is -0.215. The Morgan fingerprint density at radius 1 is 1.29 bits per heavy atom. The fraction of sp³-hybridized carbons (Fsp3) is 0.480.